The van der Waals surface area contributed by atoms with Gasteiger partial charge in [0.05, 0.1) is 6.04 Å². The first-order valence-electron chi connectivity index (χ1n) is 4.65. The maximum Gasteiger partial charge on any atom is 0.214 e. The van der Waals surface area contributed by atoms with Crippen LogP contribution in [0.4, 0.5) is 0 Å². The first-order chi connectivity index (χ1) is 6.68. The lowest BCUT2D eigenvalue weighted by Gasteiger charge is -2.09. The summed E-state index contributed by atoms with van der Waals surface area (Å²) in [7, 11) is 0. The molecule has 0 saturated heterocycles. The summed E-state index contributed by atoms with van der Waals surface area (Å²) in [6.07, 6.45) is 1.69. The molecule has 2 aromatic heterocycles. The van der Waals surface area contributed by atoms with Crippen LogP contribution in [-0.2, 0) is 0 Å². The fraction of sp³-hybridized carbons (Fsp3) is 0.400. The zero-order valence-electron chi connectivity index (χ0n) is 8.27. The molecule has 0 saturated carbocycles. The molecule has 4 nitrogen and oxygen atoms in total. The Labute approximate surface area is 82.1 Å². The van der Waals surface area contributed by atoms with Gasteiger partial charge in [0, 0.05) is 6.20 Å². The quantitative estimate of drug-likeness (QED) is 0.787. The number of fused-ring (bicyclic) bond motifs is 1. The molecular weight excluding hydrogens is 178 g/mol. The van der Waals surface area contributed by atoms with Crippen LogP contribution in [0.2, 0.25) is 0 Å². The predicted octanol–water partition coefficient (Wildman–Crippen LogP) is 1.88. The molecule has 0 spiro atoms. The zero-order valence-corrected chi connectivity index (χ0v) is 8.27. The highest BCUT2D eigenvalue weighted by molar-refractivity contribution is 5.66. The SMILES string of the molecule is CC(C)[C@H](N)c1nc2ncccc2o1. The molecule has 2 heterocycles. The second kappa shape index (κ2) is 3.38. The van der Waals surface area contributed by atoms with Crippen LogP contribution in [0.5, 0.6) is 0 Å². The Morgan fingerprint density at radius 1 is 1.43 bits per heavy atom. The molecule has 1 atom stereocenters. The van der Waals surface area contributed by atoms with E-state index in [1.165, 1.54) is 0 Å². The molecule has 2 rings (SSSR count). The molecule has 0 aromatic carbocycles. The van der Waals surface area contributed by atoms with Gasteiger partial charge in [0.15, 0.2) is 11.2 Å². The van der Waals surface area contributed by atoms with Gasteiger partial charge >= 0.3 is 0 Å². The summed E-state index contributed by atoms with van der Waals surface area (Å²) in [5.74, 6) is 0.872. The molecule has 0 aliphatic carbocycles. The first kappa shape index (κ1) is 9.15. The molecule has 0 aliphatic rings. The number of pyridine rings is 1. The minimum atomic E-state index is -0.163. The first-order valence-corrected chi connectivity index (χ1v) is 4.65. The molecule has 0 amide bonds. The van der Waals surface area contributed by atoms with E-state index in [1.54, 1.807) is 6.20 Å². The molecular formula is C10H13N3O. The van der Waals surface area contributed by atoms with Crippen LogP contribution in [0.3, 0.4) is 0 Å². The highest BCUT2D eigenvalue weighted by Crippen LogP contribution is 2.21. The van der Waals surface area contributed by atoms with Crippen LogP contribution in [-0.4, -0.2) is 9.97 Å². The van der Waals surface area contributed by atoms with Crippen molar-refractivity contribution in [2.75, 3.05) is 0 Å². The van der Waals surface area contributed by atoms with Crippen molar-refractivity contribution in [2.24, 2.45) is 11.7 Å². The number of aromatic nitrogens is 2. The minimum absolute atomic E-state index is 0.163. The van der Waals surface area contributed by atoms with Crippen molar-refractivity contribution in [3.05, 3.63) is 24.2 Å². The number of hydrogen-bond acceptors (Lipinski definition) is 4. The number of hydrogen-bond donors (Lipinski definition) is 1. The zero-order chi connectivity index (χ0) is 10.1. The Bertz CT molecular complexity index is 403. The summed E-state index contributed by atoms with van der Waals surface area (Å²) < 4.78 is 5.49. The van der Waals surface area contributed by atoms with Gasteiger partial charge in [-0.3, -0.25) is 0 Å². The Morgan fingerprint density at radius 2 is 2.21 bits per heavy atom. The van der Waals surface area contributed by atoms with E-state index < -0.39 is 0 Å². The monoisotopic (exact) mass is 191 g/mol. The van der Waals surface area contributed by atoms with Crippen molar-refractivity contribution < 1.29 is 4.42 Å². The van der Waals surface area contributed by atoms with Crippen molar-refractivity contribution in [1.82, 2.24) is 9.97 Å². The number of nitrogens with two attached hydrogens (primary N) is 1. The van der Waals surface area contributed by atoms with E-state index >= 15 is 0 Å². The Kier molecular flexibility index (Phi) is 2.21. The summed E-state index contributed by atoms with van der Waals surface area (Å²) in [5, 5.41) is 0. The fourth-order valence-corrected chi connectivity index (χ4v) is 1.21. The highest BCUT2D eigenvalue weighted by atomic mass is 16.3. The predicted molar refractivity (Wildman–Crippen MR) is 53.6 cm³/mol. The molecule has 2 N–H and O–H groups in total. The lowest BCUT2D eigenvalue weighted by molar-refractivity contribution is 0.403. The van der Waals surface area contributed by atoms with E-state index in [2.05, 4.69) is 9.97 Å². The number of rotatable bonds is 2. The maximum atomic E-state index is 5.92. The third-order valence-corrected chi connectivity index (χ3v) is 2.18. The third kappa shape index (κ3) is 1.48. The van der Waals surface area contributed by atoms with Crippen LogP contribution in [0.25, 0.3) is 11.2 Å². The number of nitrogens with zero attached hydrogens (tertiary/aromatic N) is 2. The van der Waals surface area contributed by atoms with Gasteiger partial charge in [-0.2, -0.15) is 4.98 Å². The van der Waals surface area contributed by atoms with Crippen LogP contribution in [0.1, 0.15) is 25.8 Å². The van der Waals surface area contributed by atoms with Gasteiger partial charge in [-0.15, -0.1) is 0 Å². The molecule has 0 bridgehead atoms. The van der Waals surface area contributed by atoms with E-state index in [4.69, 9.17) is 10.2 Å². The van der Waals surface area contributed by atoms with Crippen molar-refractivity contribution >= 4 is 11.2 Å². The Balaban J connectivity index is 2.45. The third-order valence-electron chi connectivity index (χ3n) is 2.18. The summed E-state index contributed by atoms with van der Waals surface area (Å²) in [6.45, 7) is 4.07. The Morgan fingerprint density at radius 3 is 2.86 bits per heavy atom. The molecule has 74 valence electrons. The maximum absolute atomic E-state index is 5.92. The largest absolute Gasteiger partial charge is 0.437 e. The molecule has 0 fully saturated rings. The summed E-state index contributed by atoms with van der Waals surface area (Å²) >= 11 is 0. The van der Waals surface area contributed by atoms with Gasteiger partial charge in [-0.1, -0.05) is 13.8 Å². The van der Waals surface area contributed by atoms with E-state index in [9.17, 15) is 0 Å². The second-order valence-corrected chi connectivity index (χ2v) is 3.65. The molecule has 14 heavy (non-hydrogen) atoms. The van der Waals surface area contributed by atoms with E-state index in [0.29, 0.717) is 23.0 Å². The smallest absolute Gasteiger partial charge is 0.214 e. The molecule has 2 aromatic rings. The van der Waals surface area contributed by atoms with Crippen LogP contribution in [0, 0.1) is 5.92 Å². The van der Waals surface area contributed by atoms with Gasteiger partial charge < -0.3 is 10.2 Å². The van der Waals surface area contributed by atoms with Gasteiger partial charge in [-0.25, -0.2) is 4.98 Å². The van der Waals surface area contributed by atoms with Crippen LogP contribution in [0.15, 0.2) is 22.7 Å². The molecule has 0 unspecified atom stereocenters. The standard InChI is InChI=1S/C10H13N3O/c1-6(2)8(11)10-13-9-7(14-10)4-3-5-12-9/h3-6,8H,11H2,1-2H3/t8-/m0/s1. The summed E-state index contributed by atoms with van der Waals surface area (Å²) in [5.41, 5.74) is 7.23. The average molecular weight is 191 g/mol. The van der Waals surface area contributed by atoms with Crippen molar-refractivity contribution in [3.63, 3.8) is 0 Å². The normalized spacial score (nSPS) is 13.7. The minimum Gasteiger partial charge on any atom is -0.437 e. The molecule has 0 radical (unpaired) electrons. The highest BCUT2D eigenvalue weighted by Gasteiger charge is 2.17. The van der Waals surface area contributed by atoms with Gasteiger partial charge in [0.1, 0.15) is 0 Å². The summed E-state index contributed by atoms with van der Waals surface area (Å²) in [4.78, 5) is 8.31. The van der Waals surface area contributed by atoms with E-state index in [-0.39, 0.29) is 6.04 Å². The number of oxazole rings is 1. The van der Waals surface area contributed by atoms with Crippen molar-refractivity contribution in [1.29, 1.82) is 0 Å². The lowest BCUT2D eigenvalue weighted by atomic mass is 10.1. The van der Waals surface area contributed by atoms with Crippen LogP contribution < -0.4 is 5.73 Å². The van der Waals surface area contributed by atoms with Crippen molar-refractivity contribution in [3.8, 4) is 0 Å². The summed E-state index contributed by atoms with van der Waals surface area (Å²) in [6, 6.07) is 3.49. The van der Waals surface area contributed by atoms with Crippen LogP contribution >= 0.6 is 0 Å². The van der Waals surface area contributed by atoms with Crippen molar-refractivity contribution in [2.45, 2.75) is 19.9 Å². The van der Waals surface area contributed by atoms with E-state index in [1.807, 2.05) is 26.0 Å². The fourth-order valence-electron chi connectivity index (χ4n) is 1.21. The van der Waals surface area contributed by atoms with E-state index in [0.717, 1.165) is 0 Å². The average Bonchev–Trinajstić information content (AvgIpc) is 2.59. The van der Waals surface area contributed by atoms with Gasteiger partial charge in [0.25, 0.3) is 0 Å². The Hall–Kier alpha value is -1.42. The van der Waals surface area contributed by atoms with Gasteiger partial charge in [-0.05, 0) is 18.1 Å². The molecule has 0 aliphatic heterocycles. The molecule has 4 heteroatoms. The topological polar surface area (TPSA) is 64.9 Å². The lowest BCUT2D eigenvalue weighted by Crippen LogP contribution is -2.16. The second-order valence-electron chi connectivity index (χ2n) is 3.65. The van der Waals surface area contributed by atoms with Gasteiger partial charge in [0.2, 0.25) is 5.89 Å².